The van der Waals surface area contributed by atoms with Crippen molar-refractivity contribution in [2.45, 2.75) is 20.3 Å². The standard InChI is InChI=1S/C18H20N2O3/c1-3-17(21)19-14-6-5-7-15(12-14)20-18(22)13-8-10-16(11-9-13)23-4-2/h5-12H,3-4H2,1-2H3,(H,19,21)(H,20,22). The molecule has 120 valence electrons. The van der Waals surface area contributed by atoms with Gasteiger partial charge in [0.05, 0.1) is 6.61 Å². The zero-order chi connectivity index (χ0) is 16.7. The molecule has 0 heterocycles. The average Bonchev–Trinajstić information content (AvgIpc) is 2.56. The number of carbonyl (C=O) groups is 2. The van der Waals surface area contributed by atoms with Gasteiger partial charge in [-0.25, -0.2) is 0 Å². The smallest absolute Gasteiger partial charge is 0.255 e. The lowest BCUT2D eigenvalue weighted by atomic mass is 10.2. The van der Waals surface area contributed by atoms with E-state index in [1.165, 1.54) is 0 Å². The third kappa shape index (κ3) is 4.85. The molecular formula is C18H20N2O3. The van der Waals surface area contributed by atoms with Crippen molar-refractivity contribution in [1.29, 1.82) is 0 Å². The molecule has 0 spiro atoms. The predicted molar refractivity (Wildman–Crippen MR) is 90.9 cm³/mol. The molecule has 0 saturated carbocycles. The van der Waals surface area contributed by atoms with Gasteiger partial charge in [-0.15, -0.1) is 0 Å². The summed E-state index contributed by atoms with van der Waals surface area (Å²) in [6, 6.07) is 14.0. The molecule has 0 aliphatic heterocycles. The lowest BCUT2D eigenvalue weighted by molar-refractivity contribution is -0.115. The molecule has 2 amide bonds. The van der Waals surface area contributed by atoms with Crippen LogP contribution in [0, 0.1) is 0 Å². The number of carbonyl (C=O) groups excluding carboxylic acids is 2. The first-order chi connectivity index (χ1) is 11.1. The number of hydrogen-bond acceptors (Lipinski definition) is 3. The minimum absolute atomic E-state index is 0.0695. The van der Waals surface area contributed by atoms with E-state index in [9.17, 15) is 9.59 Å². The van der Waals surface area contributed by atoms with Gasteiger partial charge in [0, 0.05) is 23.4 Å². The minimum atomic E-state index is -0.216. The van der Waals surface area contributed by atoms with E-state index < -0.39 is 0 Å². The molecule has 0 aromatic heterocycles. The quantitative estimate of drug-likeness (QED) is 0.855. The van der Waals surface area contributed by atoms with Gasteiger partial charge in [-0.3, -0.25) is 9.59 Å². The molecule has 0 bridgehead atoms. The van der Waals surface area contributed by atoms with Crippen LogP contribution in [0.2, 0.25) is 0 Å². The first-order valence-electron chi connectivity index (χ1n) is 7.56. The molecule has 0 unspecified atom stereocenters. The van der Waals surface area contributed by atoms with Crippen molar-refractivity contribution < 1.29 is 14.3 Å². The van der Waals surface area contributed by atoms with Gasteiger partial charge in [0.15, 0.2) is 0 Å². The highest BCUT2D eigenvalue weighted by atomic mass is 16.5. The molecule has 2 aromatic carbocycles. The Morgan fingerprint density at radius 3 is 2.22 bits per heavy atom. The monoisotopic (exact) mass is 312 g/mol. The van der Waals surface area contributed by atoms with E-state index in [2.05, 4.69) is 10.6 Å². The second-order valence-electron chi connectivity index (χ2n) is 4.89. The van der Waals surface area contributed by atoms with Crippen molar-refractivity contribution >= 4 is 23.2 Å². The van der Waals surface area contributed by atoms with Gasteiger partial charge in [0.25, 0.3) is 5.91 Å². The summed E-state index contributed by atoms with van der Waals surface area (Å²) in [7, 11) is 0. The number of nitrogens with one attached hydrogen (secondary N) is 2. The Kier molecular flexibility index (Phi) is 5.74. The van der Waals surface area contributed by atoms with E-state index in [0.29, 0.717) is 30.0 Å². The van der Waals surface area contributed by atoms with Crippen LogP contribution in [-0.4, -0.2) is 18.4 Å². The van der Waals surface area contributed by atoms with Gasteiger partial charge in [-0.1, -0.05) is 13.0 Å². The van der Waals surface area contributed by atoms with Crippen molar-refractivity contribution in [3.8, 4) is 5.75 Å². The van der Waals surface area contributed by atoms with E-state index in [-0.39, 0.29) is 11.8 Å². The van der Waals surface area contributed by atoms with Crippen LogP contribution in [-0.2, 0) is 4.79 Å². The maximum Gasteiger partial charge on any atom is 0.255 e. The molecule has 5 nitrogen and oxygen atoms in total. The van der Waals surface area contributed by atoms with Crippen LogP contribution in [0.3, 0.4) is 0 Å². The highest BCUT2D eigenvalue weighted by molar-refractivity contribution is 6.04. The molecule has 2 aromatic rings. The van der Waals surface area contributed by atoms with Gasteiger partial charge in [-0.2, -0.15) is 0 Å². The number of amides is 2. The minimum Gasteiger partial charge on any atom is -0.494 e. The zero-order valence-corrected chi connectivity index (χ0v) is 13.3. The Labute approximate surface area is 135 Å². The Morgan fingerprint density at radius 1 is 0.957 bits per heavy atom. The molecule has 2 N–H and O–H groups in total. The molecule has 0 saturated heterocycles. The largest absolute Gasteiger partial charge is 0.494 e. The number of ether oxygens (including phenoxy) is 1. The van der Waals surface area contributed by atoms with Crippen LogP contribution >= 0.6 is 0 Å². The molecule has 2 rings (SSSR count). The summed E-state index contributed by atoms with van der Waals surface area (Å²) in [6.45, 7) is 4.28. The lowest BCUT2D eigenvalue weighted by Gasteiger charge is -2.09. The van der Waals surface area contributed by atoms with E-state index in [4.69, 9.17) is 4.74 Å². The van der Waals surface area contributed by atoms with E-state index in [1.54, 1.807) is 55.5 Å². The molecule has 0 fully saturated rings. The van der Waals surface area contributed by atoms with Crippen molar-refractivity contribution in [3.63, 3.8) is 0 Å². The maximum absolute atomic E-state index is 12.2. The van der Waals surface area contributed by atoms with Crippen LogP contribution in [0.5, 0.6) is 5.75 Å². The van der Waals surface area contributed by atoms with Crippen molar-refractivity contribution in [3.05, 3.63) is 54.1 Å². The van der Waals surface area contributed by atoms with Crippen LogP contribution in [0.1, 0.15) is 30.6 Å². The second kappa shape index (κ2) is 7.98. The van der Waals surface area contributed by atoms with E-state index in [1.807, 2.05) is 6.92 Å². The van der Waals surface area contributed by atoms with Crippen LogP contribution < -0.4 is 15.4 Å². The summed E-state index contributed by atoms with van der Waals surface area (Å²) in [6.07, 6.45) is 0.406. The number of anilines is 2. The van der Waals surface area contributed by atoms with Crippen molar-refractivity contribution in [2.24, 2.45) is 0 Å². The van der Waals surface area contributed by atoms with Crippen LogP contribution in [0.25, 0.3) is 0 Å². The molecule has 5 heteroatoms. The highest BCUT2D eigenvalue weighted by Crippen LogP contribution is 2.17. The molecule has 23 heavy (non-hydrogen) atoms. The fourth-order valence-electron chi connectivity index (χ4n) is 2.00. The van der Waals surface area contributed by atoms with E-state index >= 15 is 0 Å². The summed E-state index contributed by atoms with van der Waals surface area (Å²) in [5, 5.41) is 5.57. The van der Waals surface area contributed by atoms with Gasteiger partial charge < -0.3 is 15.4 Å². The van der Waals surface area contributed by atoms with Gasteiger partial charge in [0.2, 0.25) is 5.91 Å². The highest BCUT2D eigenvalue weighted by Gasteiger charge is 2.07. The number of hydrogen-bond donors (Lipinski definition) is 2. The fourth-order valence-corrected chi connectivity index (χ4v) is 2.00. The van der Waals surface area contributed by atoms with Gasteiger partial charge in [-0.05, 0) is 49.4 Å². The first-order valence-corrected chi connectivity index (χ1v) is 7.56. The summed E-state index contributed by atoms with van der Waals surface area (Å²) in [4.78, 5) is 23.6. The second-order valence-corrected chi connectivity index (χ2v) is 4.89. The van der Waals surface area contributed by atoms with Crippen LogP contribution in [0.15, 0.2) is 48.5 Å². The molecule has 0 aliphatic rings. The summed E-state index contributed by atoms with van der Waals surface area (Å²) < 4.78 is 5.35. The molecule has 0 atom stereocenters. The van der Waals surface area contributed by atoms with Crippen LogP contribution in [0.4, 0.5) is 11.4 Å². The lowest BCUT2D eigenvalue weighted by Crippen LogP contribution is -2.13. The van der Waals surface area contributed by atoms with Crippen molar-refractivity contribution in [1.82, 2.24) is 0 Å². The summed E-state index contributed by atoms with van der Waals surface area (Å²) in [5.41, 5.74) is 1.82. The number of benzene rings is 2. The number of rotatable bonds is 6. The predicted octanol–water partition coefficient (Wildman–Crippen LogP) is 3.69. The Bertz CT molecular complexity index is 681. The molecular weight excluding hydrogens is 292 g/mol. The first kappa shape index (κ1) is 16.5. The normalized spacial score (nSPS) is 10.0. The van der Waals surface area contributed by atoms with Gasteiger partial charge >= 0.3 is 0 Å². The third-order valence-electron chi connectivity index (χ3n) is 3.15. The Balaban J connectivity index is 2.04. The van der Waals surface area contributed by atoms with Crippen molar-refractivity contribution in [2.75, 3.05) is 17.2 Å². The Morgan fingerprint density at radius 2 is 1.61 bits per heavy atom. The fraction of sp³-hybridized carbons (Fsp3) is 0.222. The SMILES string of the molecule is CCOc1ccc(C(=O)Nc2cccc(NC(=O)CC)c2)cc1. The summed E-state index contributed by atoms with van der Waals surface area (Å²) in [5.74, 6) is 0.445. The molecule has 0 radical (unpaired) electrons. The zero-order valence-electron chi connectivity index (χ0n) is 13.3. The summed E-state index contributed by atoms with van der Waals surface area (Å²) >= 11 is 0. The third-order valence-corrected chi connectivity index (χ3v) is 3.15. The molecule has 0 aliphatic carbocycles. The topological polar surface area (TPSA) is 67.4 Å². The Hall–Kier alpha value is -2.82. The van der Waals surface area contributed by atoms with Gasteiger partial charge in [0.1, 0.15) is 5.75 Å². The van der Waals surface area contributed by atoms with E-state index in [0.717, 1.165) is 5.75 Å². The maximum atomic E-state index is 12.2. The average molecular weight is 312 g/mol.